The molecule has 0 saturated heterocycles. The van der Waals surface area contributed by atoms with Crippen LogP contribution in [0.1, 0.15) is 32.3 Å². The van der Waals surface area contributed by atoms with E-state index in [2.05, 4.69) is 15.9 Å². The summed E-state index contributed by atoms with van der Waals surface area (Å²) < 4.78 is 1.02. The van der Waals surface area contributed by atoms with Crippen LogP contribution < -0.4 is 5.73 Å². The molecule has 0 fully saturated rings. The molecule has 1 rings (SSSR count). The molecule has 0 aliphatic carbocycles. The van der Waals surface area contributed by atoms with Gasteiger partial charge >= 0.3 is 0 Å². The van der Waals surface area contributed by atoms with E-state index in [-0.39, 0.29) is 5.91 Å². The highest BCUT2D eigenvalue weighted by Gasteiger charge is 2.29. The molecule has 0 spiro atoms. The molecule has 18 heavy (non-hydrogen) atoms. The van der Waals surface area contributed by atoms with E-state index in [9.17, 15) is 4.79 Å². The molecule has 0 bridgehead atoms. The van der Waals surface area contributed by atoms with Gasteiger partial charge in [0.1, 0.15) is 0 Å². The highest BCUT2D eigenvalue weighted by atomic mass is 79.9. The summed E-state index contributed by atoms with van der Waals surface area (Å²) in [7, 11) is 1.80. The molecule has 1 aromatic rings. The molecule has 1 aromatic carbocycles. The summed E-state index contributed by atoms with van der Waals surface area (Å²) >= 11 is 3.43. The first-order chi connectivity index (χ1) is 8.36. The molecule has 2 N–H and O–H groups in total. The Bertz CT molecular complexity index is 418. The first-order valence-corrected chi connectivity index (χ1v) is 6.95. The molecule has 0 radical (unpaired) electrons. The lowest BCUT2D eigenvalue weighted by molar-refractivity contribution is -0.135. The molecule has 1 atom stereocenters. The van der Waals surface area contributed by atoms with Gasteiger partial charge in [0.05, 0.1) is 5.54 Å². The average molecular weight is 313 g/mol. The zero-order valence-corrected chi connectivity index (χ0v) is 12.8. The zero-order valence-electron chi connectivity index (χ0n) is 11.2. The maximum atomic E-state index is 12.2. The standard InChI is InChI=1S/C14H21BrN2O/c1-4-8-14(2,16)13(18)17(3)10-11-6-5-7-12(15)9-11/h5-7,9H,4,8,10,16H2,1-3H3. The van der Waals surface area contributed by atoms with Gasteiger partial charge in [0, 0.05) is 18.1 Å². The highest BCUT2D eigenvalue weighted by molar-refractivity contribution is 9.10. The molecule has 0 saturated carbocycles. The van der Waals surface area contributed by atoms with E-state index in [1.165, 1.54) is 0 Å². The van der Waals surface area contributed by atoms with Crippen molar-refractivity contribution in [2.75, 3.05) is 7.05 Å². The smallest absolute Gasteiger partial charge is 0.242 e. The molecule has 4 heteroatoms. The van der Waals surface area contributed by atoms with Crippen molar-refractivity contribution in [2.45, 2.75) is 38.8 Å². The van der Waals surface area contributed by atoms with E-state index in [1.54, 1.807) is 18.9 Å². The fourth-order valence-corrected chi connectivity index (χ4v) is 2.49. The van der Waals surface area contributed by atoms with Crippen molar-refractivity contribution < 1.29 is 4.79 Å². The van der Waals surface area contributed by atoms with Gasteiger partial charge in [-0.3, -0.25) is 4.79 Å². The number of amides is 1. The molecular formula is C14H21BrN2O. The Hall–Kier alpha value is -0.870. The van der Waals surface area contributed by atoms with Gasteiger partial charge in [0.15, 0.2) is 0 Å². The van der Waals surface area contributed by atoms with Gasteiger partial charge < -0.3 is 10.6 Å². The summed E-state index contributed by atoms with van der Waals surface area (Å²) in [5.41, 5.74) is 6.38. The second-order valence-corrected chi connectivity index (χ2v) is 5.87. The van der Waals surface area contributed by atoms with Crippen molar-refractivity contribution in [3.05, 3.63) is 34.3 Å². The minimum atomic E-state index is -0.768. The van der Waals surface area contributed by atoms with Crippen LogP contribution in [0.3, 0.4) is 0 Å². The number of halogens is 1. The third-order valence-corrected chi connectivity index (χ3v) is 3.41. The first-order valence-electron chi connectivity index (χ1n) is 6.15. The molecule has 0 heterocycles. The van der Waals surface area contributed by atoms with Crippen LogP contribution in [0.4, 0.5) is 0 Å². The number of rotatable bonds is 5. The Morgan fingerprint density at radius 3 is 2.72 bits per heavy atom. The minimum absolute atomic E-state index is 0.00988. The predicted octanol–water partition coefficient (Wildman–Crippen LogP) is 2.93. The first kappa shape index (κ1) is 15.2. The summed E-state index contributed by atoms with van der Waals surface area (Å²) in [6.07, 6.45) is 1.61. The Morgan fingerprint density at radius 2 is 2.17 bits per heavy atom. The molecule has 0 aliphatic heterocycles. The van der Waals surface area contributed by atoms with Crippen LogP contribution >= 0.6 is 15.9 Å². The van der Waals surface area contributed by atoms with Gasteiger partial charge in [-0.05, 0) is 31.0 Å². The molecule has 0 aliphatic rings. The van der Waals surface area contributed by atoms with Crippen molar-refractivity contribution in [2.24, 2.45) is 5.73 Å². The maximum absolute atomic E-state index is 12.2. The number of carbonyl (C=O) groups excluding carboxylic acids is 1. The number of hydrogen-bond donors (Lipinski definition) is 1. The third-order valence-electron chi connectivity index (χ3n) is 2.91. The maximum Gasteiger partial charge on any atom is 0.242 e. The number of hydrogen-bond acceptors (Lipinski definition) is 2. The van der Waals surface area contributed by atoms with Gasteiger partial charge in [-0.15, -0.1) is 0 Å². The van der Waals surface area contributed by atoms with Crippen LogP contribution in [-0.4, -0.2) is 23.4 Å². The number of nitrogens with zero attached hydrogens (tertiary/aromatic N) is 1. The molecular weight excluding hydrogens is 292 g/mol. The predicted molar refractivity (Wildman–Crippen MR) is 78.1 cm³/mol. The van der Waals surface area contributed by atoms with Crippen molar-refractivity contribution in [3.8, 4) is 0 Å². The van der Waals surface area contributed by atoms with Crippen LogP contribution in [-0.2, 0) is 11.3 Å². The second-order valence-electron chi connectivity index (χ2n) is 4.96. The SMILES string of the molecule is CCCC(C)(N)C(=O)N(C)Cc1cccc(Br)c1. The van der Waals surface area contributed by atoms with Gasteiger partial charge in [-0.25, -0.2) is 0 Å². The van der Waals surface area contributed by atoms with E-state index in [1.807, 2.05) is 31.2 Å². The van der Waals surface area contributed by atoms with Crippen LogP contribution in [0, 0.1) is 0 Å². The Labute approximate surface area is 117 Å². The van der Waals surface area contributed by atoms with Crippen LogP contribution in [0.5, 0.6) is 0 Å². The molecule has 100 valence electrons. The average Bonchev–Trinajstić information content (AvgIpc) is 2.27. The lowest BCUT2D eigenvalue weighted by Gasteiger charge is -2.29. The summed E-state index contributed by atoms with van der Waals surface area (Å²) in [6, 6.07) is 7.94. The lowest BCUT2D eigenvalue weighted by atomic mass is 9.96. The van der Waals surface area contributed by atoms with Crippen molar-refractivity contribution >= 4 is 21.8 Å². The fraction of sp³-hybridized carbons (Fsp3) is 0.500. The van der Waals surface area contributed by atoms with Gasteiger partial charge in [-0.1, -0.05) is 41.4 Å². The van der Waals surface area contributed by atoms with E-state index in [4.69, 9.17) is 5.73 Å². The molecule has 1 unspecified atom stereocenters. The summed E-state index contributed by atoms with van der Waals surface area (Å²) in [4.78, 5) is 13.9. The van der Waals surface area contributed by atoms with Crippen LogP contribution in [0.15, 0.2) is 28.7 Å². The molecule has 1 amide bonds. The van der Waals surface area contributed by atoms with E-state index >= 15 is 0 Å². The monoisotopic (exact) mass is 312 g/mol. The number of carbonyl (C=O) groups is 1. The van der Waals surface area contributed by atoms with Crippen molar-refractivity contribution in [1.29, 1.82) is 0 Å². The quantitative estimate of drug-likeness (QED) is 0.908. The Kier molecular flexibility index (Phi) is 5.35. The normalized spacial score (nSPS) is 14.1. The third kappa shape index (κ3) is 4.10. The van der Waals surface area contributed by atoms with Gasteiger partial charge in [0.2, 0.25) is 5.91 Å². The van der Waals surface area contributed by atoms with E-state index in [0.29, 0.717) is 13.0 Å². The minimum Gasteiger partial charge on any atom is -0.340 e. The topological polar surface area (TPSA) is 46.3 Å². The summed E-state index contributed by atoms with van der Waals surface area (Å²) in [5.74, 6) is -0.00988. The molecule has 0 aromatic heterocycles. The lowest BCUT2D eigenvalue weighted by Crippen LogP contribution is -2.51. The summed E-state index contributed by atoms with van der Waals surface area (Å²) in [5, 5.41) is 0. The Morgan fingerprint density at radius 1 is 1.50 bits per heavy atom. The fourth-order valence-electron chi connectivity index (χ4n) is 2.04. The highest BCUT2D eigenvalue weighted by Crippen LogP contribution is 2.16. The van der Waals surface area contributed by atoms with Crippen LogP contribution in [0.25, 0.3) is 0 Å². The van der Waals surface area contributed by atoms with E-state index in [0.717, 1.165) is 16.5 Å². The number of benzene rings is 1. The summed E-state index contributed by atoms with van der Waals surface area (Å²) in [6.45, 7) is 4.41. The molecule has 3 nitrogen and oxygen atoms in total. The largest absolute Gasteiger partial charge is 0.340 e. The van der Waals surface area contributed by atoms with Gasteiger partial charge in [0.25, 0.3) is 0 Å². The number of nitrogens with two attached hydrogens (primary N) is 1. The van der Waals surface area contributed by atoms with Crippen LogP contribution in [0.2, 0.25) is 0 Å². The number of likely N-dealkylation sites (N-methyl/N-ethyl adjacent to an activating group) is 1. The van der Waals surface area contributed by atoms with E-state index < -0.39 is 5.54 Å². The Balaban J connectivity index is 2.71. The zero-order chi connectivity index (χ0) is 13.8. The van der Waals surface area contributed by atoms with Crippen molar-refractivity contribution in [3.63, 3.8) is 0 Å². The second kappa shape index (κ2) is 6.34. The van der Waals surface area contributed by atoms with Gasteiger partial charge in [-0.2, -0.15) is 0 Å². The van der Waals surface area contributed by atoms with Crippen molar-refractivity contribution in [1.82, 2.24) is 4.90 Å².